The van der Waals surface area contributed by atoms with Crippen LogP contribution in [0.5, 0.6) is 0 Å². The number of aliphatic hydroxyl groups excluding tert-OH is 3. The predicted octanol–water partition coefficient (Wildman–Crippen LogP) is 4.89. The first kappa shape index (κ1) is 31.2. The van der Waals surface area contributed by atoms with E-state index in [1.54, 1.807) is 6.92 Å². The van der Waals surface area contributed by atoms with E-state index in [9.17, 15) is 31.4 Å². The van der Waals surface area contributed by atoms with Crippen LogP contribution in [0.25, 0.3) is 0 Å². The normalized spacial score (nSPS) is 14.8. The van der Waals surface area contributed by atoms with Crippen LogP contribution in [0.4, 0.5) is 26.3 Å². The van der Waals surface area contributed by atoms with Gasteiger partial charge in [0, 0.05) is 21.9 Å². The van der Waals surface area contributed by atoms with Crippen molar-refractivity contribution in [3.63, 3.8) is 0 Å². The minimum Gasteiger partial charge on any atom is -0.396 e. The van der Waals surface area contributed by atoms with E-state index < -0.39 is 41.4 Å². The molecular weight excluding hydrogens is 500 g/mol. The van der Waals surface area contributed by atoms with E-state index >= 15 is 0 Å². The summed E-state index contributed by atoms with van der Waals surface area (Å²) in [6.07, 6.45) is -11.4. The number of rotatable bonds is 8. The Balaban J connectivity index is 0.00000111. The van der Waals surface area contributed by atoms with Gasteiger partial charge < -0.3 is 26.2 Å². The van der Waals surface area contributed by atoms with Gasteiger partial charge in [-0.25, -0.2) is 0 Å². The summed E-state index contributed by atoms with van der Waals surface area (Å²) in [5.74, 6) is 0. The van der Waals surface area contributed by atoms with Crippen LogP contribution >= 0.6 is 11.8 Å². The third-order valence-corrected chi connectivity index (χ3v) is 5.78. The van der Waals surface area contributed by atoms with Gasteiger partial charge in [0.1, 0.15) is 0 Å². The first-order chi connectivity index (χ1) is 16.0. The average Bonchev–Trinajstić information content (AvgIpc) is 2.72. The quantitative estimate of drug-likeness (QED) is 0.246. The van der Waals surface area contributed by atoms with Crippen molar-refractivity contribution in [2.45, 2.75) is 73.2 Å². The molecule has 0 heterocycles. The van der Waals surface area contributed by atoms with Crippen molar-refractivity contribution in [1.29, 1.82) is 0 Å². The fourth-order valence-corrected chi connectivity index (χ4v) is 3.96. The molecule has 2 aromatic carbocycles. The van der Waals surface area contributed by atoms with Crippen molar-refractivity contribution < 1.29 is 46.8 Å². The van der Waals surface area contributed by atoms with Crippen LogP contribution in [0, 0.1) is 0 Å². The molecule has 2 atom stereocenters. The molecule has 6 N–H and O–H groups in total. The second-order valence-corrected chi connectivity index (χ2v) is 9.16. The van der Waals surface area contributed by atoms with E-state index in [0.29, 0.717) is 6.42 Å². The molecule has 0 aliphatic heterocycles. The standard InChI is InChI=1S/C20H21F6NO2S.C3H8O2/c1-18(27,11-13(29)7-8-28)16-6-5-15(10-17(16)20(24,25)26)30-14-4-2-3-12(9-14)19(21,22)23;1-2-3(4)5/h2-6,9-10,13,28-29H,7-8,11,27H2,1H3;3-5H,2H2,1H3. The Morgan fingerprint density at radius 1 is 0.886 bits per heavy atom. The molecule has 0 saturated heterocycles. The molecule has 0 fully saturated rings. The van der Waals surface area contributed by atoms with Crippen molar-refractivity contribution in [1.82, 2.24) is 0 Å². The third-order valence-electron chi connectivity index (χ3n) is 4.80. The molecule has 0 amide bonds. The molecule has 0 aromatic heterocycles. The Bertz CT molecular complexity index is 935. The summed E-state index contributed by atoms with van der Waals surface area (Å²) in [5, 5.41) is 34.6. The topological polar surface area (TPSA) is 107 Å². The molecule has 2 aromatic rings. The molecule has 0 radical (unpaired) electrons. The monoisotopic (exact) mass is 529 g/mol. The lowest BCUT2D eigenvalue weighted by Gasteiger charge is -2.30. The van der Waals surface area contributed by atoms with E-state index in [1.165, 1.54) is 31.2 Å². The molecule has 0 aliphatic rings. The minimum atomic E-state index is -4.76. The Morgan fingerprint density at radius 3 is 1.94 bits per heavy atom. The SMILES string of the molecule is CC(N)(CC(O)CCO)c1ccc(Sc2cccc(C(F)(F)F)c2)cc1C(F)(F)F.CCC(O)O. The maximum atomic E-state index is 13.7. The molecule has 0 aliphatic carbocycles. The van der Waals surface area contributed by atoms with Crippen molar-refractivity contribution in [3.8, 4) is 0 Å². The van der Waals surface area contributed by atoms with Crippen LogP contribution in [0.15, 0.2) is 52.3 Å². The third kappa shape index (κ3) is 10.4. The summed E-state index contributed by atoms with van der Waals surface area (Å²) in [5.41, 5.74) is 2.35. The van der Waals surface area contributed by atoms with Crippen LogP contribution in [-0.2, 0) is 17.9 Å². The van der Waals surface area contributed by atoms with Gasteiger partial charge in [-0.15, -0.1) is 0 Å². The number of hydrogen-bond donors (Lipinski definition) is 5. The van der Waals surface area contributed by atoms with Crippen molar-refractivity contribution in [3.05, 3.63) is 59.2 Å². The van der Waals surface area contributed by atoms with Crippen molar-refractivity contribution in [2.75, 3.05) is 6.61 Å². The molecule has 0 saturated carbocycles. The zero-order valence-electron chi connectivity index (χ0n) is 19.1. The fourth-order valence-electron chi connectivity index (χ4n) is 3.04. The predicted molar refractivity (Wildman–Crippen MR) is 119 cm³/mol. The second kappa shape index (κ2) is 12.9. The highest BCUT2D eigenvalue weighted by atomic mass is 32.2. The lowest BCUT2D eigenvalue weighted by molar-refractivity contribution is -0.139. The van der Waals surface area contributed by atoms with E-state index in [2.05, 4.69) is 0 Å². The highest BCUT2D eigenvalue weighted by molar-refractivity contribution is 7.99. The van der Waals surface area contributed by atoms with Crippen molar-refractivity contribution >= 4 is 11.8 Å². The van der Waals surface area contributed by atoms with E-state index in [-0.39, 0.29) is 34.8 Å². The van der Waals surface area contributed by atoms with Gasteiger partial charge in [0.25, 0.3) is 0 Å². The highest BCUT2D eigenvalue weighted by Crippen LogP contribution is 2.41. The molecule has 2 rings (SSSR count). The van der Waals surface area contributed by atoms with Crippen LogP contribution in [0.1, 0.15) is 49.8 Å². The van der Waals surface area contributed by atoms with Gasteiger partial charge in [-0.2, -0.15) is 26.3 Å². The van der Waals surface area contributed by atoms with Crippen LogP contribution in [0.3, 0.4) is 0 Å². The lowest BCUT2D eigenvalue weighted by Crippen LogP contribution is -2.39. The summed E-state index contributed by atoms with van der Waals surface area (Å²) in [6.45, 7) is 2.71. The maximum Gasteiger partial charge on any atom is 0.416 e. The Kier molecular flexibility index (Phi) is 11.5. The molecule has 35 heavy (non-hydrogen) atoms. The molecule has 2 unspecified atom stereocenters. The van der Waals surface area contributed by atoms with Crippen molar-refractivity contribution in [2.24, 2.45) is 5.73 Å². The van der Waals surface area contributed by atoms with E-state index in [1.807, 2.05) is 0 Å². The number of halogens is 6. The Labute approximate surface area is 203 Å². The lowest BCUT2D eigenvalue weighted by atomic mass is 9.83. The number of nitrogens with two attached hydrogens (primary N) is 1. The van der Waals surface area contributed by atoms with E-state index in [0.717, 1.165) is 30.0 Å². The average molecular weight is 530 g/mol. The van der Waals surface area contributed by atoms with Gasteiger partial charge in [-0.05, 0) is 62.1 Å². The number of benzene rings is 2. The zero-order chi connectivity index (χ0) is 27.0. The van der Waals surface area contributed by atoms with Gasteiger partial charge in [-0.3, -0.25) is 0 Å². The number of alkyl halides is 6. The zero-order valence-corrected chi connectivity index (χ0v) is 19.9. The highest BCUT2D eigenvalue weighted by Gasteiger charge is 2.39. The minimum absolute atomic E-state index is 0.0301. The Hall–Kier alpha value is -1.83. The number of hydrogen-bond acceptors (Lipinski definition) is 6. The van der Waals surface area contributed by atoms with Crippen LogP contribution < -0.4 is 5.73 Å². The summed E-state index contributed by atoms with van der Waals surface area (Å²) >= 11 is 0.766. The maximum absolute atomic E-state index is 13.7. The van der Waals surface area contributed by atoms with E-state index in [4.69, 9.17) is 21.1 Å². The second-order valence-electron chi connectivity index (χ2n) is 8.01. The smallest absolute Gasteiger partial charge is 0.396 e. The summed E-state index contributed by atoms with van der Waals surface area (Å²) in [6, 6.07) is 7.66. The molecule has 198 valence electrons. The fraction of sp³-hybridized carbons (Fsp3) is 0.478. The summed E-state index contributed by atoms with van der Waals surface area (Å²) in [4.78, 5) is 0.233. The largest absolute Gasteiger partial charge is 0.416 e. The molecule has 12 heteroatoms. The van der Waals surface area contributed by atoms with Crippen LogP contribution in [-0.4, -0.2) is 39.4 Å². The summed E-state index contributed by atoms with van der Waals surface area (Å²) < 4.78 is 79.6. The first-order valence-corrected chi connectivity index (χ1v) is 11.3. The van der Waals surface area contributed by atoms with Gasteiger partial charge in [-0.1, -0.05) is 30.8 Å². The molecule has 0 spiro atoms. The Morgan fingerprint density at radius 2 is 1.46 bits per heavy atom. The van der Waals surface area contributed by atoms with Crippen LogP contribution in [0.2, 0.25) is 0 Å². The molecular formula is C23H29F6NO4S. The summed E-state index contributed by atoms with van der Waals surface area (Å²) in [7, 11) is 0. The number of aliphatic hydroxyl groups is 4. The van der Waals surface area contributed by atoms with Gasteiger partial charge in [0.2, 0.25) is 0 Å². The van der Waals surface area contributed by atoms with Gasteiger partial charge in [0.15, 0.2) is 6.29 Å². The first-order valence-electron chi connectivity index (χ1n) is 10.5. The van der Waals surface area contributed by atoms with Gasteiger partial charge in [0.05, 0.1) is 17.2 Å². The van der Waals surface area contributed by atoms with Gasteiger partial charge >= 0.3 is 12.4 Å². The molecule has 0 bridgehead atoms. The molecule has 5 nitrogen and oxygen atoms in total.